The Bertz CT molecular complexity index is 2990. The van der Waals surface area contributed by atoms with Crippen molar-refractivity contribution in [2.24, 2.45) is 5.92 Å². The van der Waals surface area contributed by atoms with Crippen molar-refractivity contribution in [3.05, 3.63) is 228 Å². The number of allylic oxidation sites excluding steroid dienone is 8. The lowest BCUT2D eigenvalue weighted by Gasteiger charge is -2.30. The molecule has 3 aliphatic carbocycles. The summed E-state index contributed by atoms with van der Waals surface area (Å²) >= 11 is 0. The number of anilines is 3. The number of rotatable bonds is 7. The molecule has 4 unspecified atom stereocenters. The number of fused-ring (bicyclic) bond motifs is 8. The Morgan fingerprint density at radius 1 is 0.574 bits per heavy atom. The van der Waals surface area contributed by atoms with Gasteiger partial charge in [-0.1, -0.05) is 177 Å². The Hall–Kier alpha value is -6.90. The normalized spacial score (nSPS) is 21.1. The maximum Gasteiger partial charge on any atom is 0.0629 e. The molecular weight excluding hydrogens is 737 g/mol. The molecule has 2 heterocycles. The Morgan fingerprint density at radius 3 is 1.87 bits per heavy atom. The third-order valence-electron chi connectivity index (χ3n) is 14.0. The molecule has 4 atom stereocenters. The zero-order valence-corrected chi connectivity index (χ0v) is 34.6. The van der Waals surface area contributed by atoms with Crippen LogP contribution in [0, 0.1) is 5.92 Å². The van der Waals surface area contributed by atoms with Crippen molar-refractivity contribution in [3.63, 3.8) is 0 Å². The average molecular weight is 785 g/mol. The van der Waals surface area contributed by atoms with Crippen LogP contribution in [-0.4, -0.2) is 12.1 Å². The van der Waals surface area contributed by atoms with E-state index in [1.54, 1.807) is 11.1 Å². The molecule has 1 saturated heterocycles. The molecule has 2 nitrogen and oxygen atoms in total. The molecule has 2 heteroatoms. The smallest absolute Gasteiger partial charge is 0.0629 e. The first-order chi connectivity index (χ1) is 30.2. The highest BCUT2D eigenvalue weighted by Crippen LogP contribution is 2.52. The Kier molecular flexibility index (Phi) is 8.66. The molecule has 1 fully saturated rings. The second kappa shape index (κ2) is 14.7. The van der Waals surface area contributed by atoms with E-state index in [4.69, 9.17) is 0 Å². The second-order valence-corrected chi connectivity index (χ2v) is 17.4. The highest BCUT2D eigenvalue weighted by Gasteiger charge is 2.43. The van der Waals surface area contributed by atoms with Gasteiger partial charge in [0.15, 0.2) is 0 Å². The molecule has 0 N–H and O–H groups in total. The first kappa shape index (κ1) is 36.0. The summed E-state index contributed by atoms with van der Waals surface area (Å²) in [7, 11) is 0. The van der Waals surface area contributed by atoms with Crippen LogP contribution in [0.4, 0.5) is 17.1 Å². The highest BCUT2D eigenvalue weighted by atomic mass is 15.2. The summed E-state index contributed by atoms with van der Waals surface area (Å²) in [5, 5.41) is 5.13. The second-order valence-electron chi connectivity index (χ2n) is 17.4. The van der Waals surface area contributed by atoms with Gasteiger partial charge in [-0.2, -0.15) is 0 Å². The van der Waals surface area contributed by atoms with Crippen molar-refractivity contribution in [2.45, 2.75) is 50.6 Å². The Labute approximate surface area is 359 Å². The minimum absolute atomic E-state index is 0.226. The van der Waals surface area contributed by atoms with Gasteiger partial charge >= 0.3 is 0 Å². The summed E-state index contributed by atoms with van der Waals surface area (Å²) < 4.78 is 0. The molecular formula is C59H48N2. The predicted octanol–water partition coefficient (Wildman–Crippen LogP) is 15.3. The van der Waals surface area contributed by atoms with E-state index in [1.165, 1.54) is 96.1 Å². The molecule has 294 valence electrons. The number of hydrogen-bond acceptors (Lipinski definition) is 2. The van der Waals surface area contributed by atoms with Gasteiger partial charge in [-0.25, -0.2) is 0 Å². The van der Waals surface area contributed by atoms with E-state index >= 15 is 0 Å². The number of nitrogens with zero attached hydrogens (tertiary/aromatic N) is 2. The fourth-order valence-electron chi connectivity index (χ4n) is 11.4. The van der Waals surface area contributed by atoms with E-state index < -0.39 is 0 Å². The van der Waals surface area contributed by atoms with Crippen LogP contribution in [0.2, 0.25) is 0 Å². The fourth-order valence-corrected chi connectivity index (χ4v) is 11.4. The topological polar surface area (TPSA) is 6.48 Å². The third-order valence-corrected chi connectivity index (χ3v) is 14.0. The monoisotopic (exact) mass is 784 g/mol. The van der Waals surface area contributed by atoms with Crippen molar-refractivity contribution in [1.82, 2.24) is 0 Å². The van der Waals surface area contributed by atoms with Crippen molar-refractivity contribution in [3.8, 4) is 22.3 Å². The van der Waals surface area contributed by atoms with Gasteiger partial charge in [0, 0.05) is 34.6 Å². The molecule has 0 saturated carbocycles. The van der Waals surface area contributed by atoms with E-state index in [9.17, 15) is 0 Å². The minimum Gasteiger partial charge on any atom is -0.337 e. The minimum atomic E-state index is 0.226. The summed E-state index contributed by atoms with van der Waals surface area (Å²) in [4.78, 5) is 5.20. The molecule has 7 aromatic rings. The molecule has 0 aromatic heterocycles. The van der Waals surface area contributed by atoms with Crippen LogP contribution < -0.4 is 9.80 Å². The molecule has 0 amide bonds. The lowest BCUT2D eigenvalue weighted by Crippen LogP contribution is -2.29. The van der Waals surface area contributed by atoms with Crippen LogP contribution in [0.5, 0.6) is 0 Å². The van der Waals surface area contributed by atoms with Gasteiger partial charge < -0.3 is 9.80 Å². The van der Waals surface area contributed by atoms with Gasteiger partial charge in [-0.05, 0) is 128 Å². The highest BCUT2D eigenvalue weighted by molar-refractivity contribution is 6.21. The zero-order valence-electron chi connectivity index (χ0n) is 34.6. The molecule has 12 rings (SSSR count). The summed E-state index contributed by atoms with van der Waals surface area (Å²) in [6, 6.07) is 57.0. The van der Waals surface area contributed by atoms with Crippen LogP contribution in [0.1, 0.15) is 49.7 Å². The maximum atomic E-state index is 2.63. The molecule has 2 aliphatic heterocycles. The zero-order chi connectivity index (χ0) is 40.4. The standard InChI is InChI=1S/C59H48N2/c1-2-15-39-26-33-55-51(36-39)53-38-43(30-35-57(53)60(55)44-18-7-4-8-19-44)42-29-34-56-52(37-42)46-20-13-14-25-54(46)61(56)45-31-27-41(28-32-45)59-49-23-11-9-21-47(49)58(40-16-5-3-6-17-40)48-22-10-12-24-50(48)59/h3-14,16-34,37-38,46,51,54,57H,2,15,35-36H2,1H3. The van der Waals surface area contributed by atoms with Crippen LogP contribution >= 0.6 is 0 Å². The SMILES string of the molecule is CCCC1=CC=C2C(C1)C1=CC(c3ccc4c(c3)C3C=CC=CC3N4c3ccc(-c4c5ccccc5c(-c5ccccc5)c5ccccc45)cc3)=CCC1N2c1ccccc1. The van der Waals surface area contributed by atoms with Crippen LogP contribution in [0.3, 0.4) is 0 Å². The molecule has 7 aromatic carbocycles. The maximum absolute atomic E-state index is 2.63. The van der Waals surface area contributed by atoms with Crippen molar-refractivity contribution in [2.75, 3.05) is 9.80 Å². The van der Waals surface area contributed by atoms with E-state index in [1.807, 2.05) is 0 Å². The van der Waals surface area contributed by atoms with Crippen LogP contribution in [-0.2, 0) is 0 Å². The average Bonchev–Trinajstić information content (AvgIpc) is 3.83. The van der Waals surface area contributed by atoms with Gasteiger partial charge in [0.25, 0.3) is 0 Å². The van der Waals surface area contributed by atoms with E-state index in [2.05, 4.69) is 217 Å². The quantitative estimate of drug-likeness (QED) is 0.149. The number of para-hydroxylation sites is 1. The van der Waals surface area contributed by atoms with E-state index in [-0.39, 0.29) is 12.0 Å². The number of benzene rings is 7. The van der Waals surface area contributed by atoms with Crippen molar-refractivity contribution >= 4 is 44.2 Å². The lowest BCUT2D eigenvalue weighted by molar-refractivity contribution is 0.679. The summed E-state index contributed by atoms with van der Waals surface area (Å²) in [5.41, 5.74) is 17.6. The first-order valence-corrected chi connectivity index (χ1v) is 22.3. The molecule has 0 spiro atoms. The lowest BCUT2D eigenvalue weighted by atomic mass is 9.81. The van der Waals surface area contributed by atoms with Gasteiger partial charge in [0.05, 0.1) is 12.1 Å². The van der Waals surface area contributed by atoms with Gasteiger partial charge in [-0.15, -0.1) is 0 Å². The Morgan fingerprint density at radius 2 is 1.18 bits per heavy atom. The van der Waals surface area contributed by atoms with Gasteiger partial charge in [-0.3, -0.25) is 0 Å². The molecule has 0 bridgehead atoms. The van der Waals surface area contributed by atoms with E-state index in [0.717, 1.165) is 12.8 Å². The molecule has 61 heavy (non-hydrogen) atoms. The third kappa shape index (κ3) is 5.84. The summed E-state index contributed by atoms with van der Waals surface area (Å²) in [5.74, 6) is 0.722. The van der Waals surface area contributed by atoms with Crippen LogP contribution in [0.25, 0.3) is 49.4 Å². The van der Waals surface area contributed by atoms with Crippen molar-refractivity contribution < 1.29 is 0 Å². The van der Waals surface area contributed by atoms with E-state index in [0.29, 0.717) is 12.0 Å². The van der Waals surface area contributed by atoms with Gasteiger partial charge in [0.2, 0.25) is 0 Å². The fraction of sp³-hybridized carbons (Fsp3) is 0.153. The predicted molar refractivity (Wildman–Crippen MR) is 258 cm³/mol. The molecule has 0 radical (unpaired) electrons. The van der Waals surface area contributed by atoms with Crippen molar-refractivity contribution in [1.29, 1.82) is 0 Å². The number of hydrogen-bond donors (Lipinski definition) is 0. The first-order valence-electron chi connectivity index (χ1n) is 22.3. The summed E-state index contributed by atoms with van der Waals surface area (Å²) in [6.07, 6.45) is 23.7. The largest absolute Gasteiger partial charge is 0.337 e. The molecule has 5 aliphatic rings. The van der Waals surface area contributed by atoms with Crippen LogP contribution in [0.15, 0.2) is 217 Å². The van der Waals surface area contributed by atoms with Gasteiger partial charge in [0.1, 0.15) is 0 Å². The Balaban J connectivity index is 0.906. The summed E-state index contributed by atoms with van der Waals surface area (Å²) in [6.45, 7) is 2.30.